The van der Waals surface area contributed by atoms with Gasteiger partial charge in [-0.3, -0.25) is 19.3 Å². The monoisotopic (exact) mass is 523 g/mol. The van der Waals surface area contributed by atoms with Crippen molar-refractivity contribution in [2.45, 2.75) is 52.9 Å². The number of hydrogen-bond donors (Lipinski definition) is 0. The van der Waals surface area contributed by atoms with Crippen LogP contribution in [0.2, 0.25) is 0 Å². The average Bonchev–Trinajstić information content (AvgIpc) is 3.33. The largest absolute Gasteiger partial charge is 0.462 e. The minimum atomic E-state index is -0.434. The van der Waals surface area contributed by atoms with Gasteiger partial charge in [0.1, 0.15) is 6.54 Å². The highest BCUT2D eigenvalue weighted by Gasteiger charge is 2.37. The lowest BCUT2D eigenvalue weighted by atomic mass is 10.1. The molecule has 4 rings (SSSR count). The first kappa shape index (κ1) is 26.7. The maximum atomic E-state index is 13.0. The molecule has 0 atom stereocenters. The molecular weight excluding hydrogens is 490 g/mol. The summed E-state index contributed by atoms with van der Waals surface area (Å²) in [5, 5.41) is -0.420. The number of nitrogens with zero attached hydrogens (tertiary/aromatic N) is 3. The van der Waals surface area contributed by atoms with Gasteiger partial charge in [0, 0.05) is 30.2 Å². The van der Waals surface area contributed by atoms with Gasteiger partial charge in [0.25, 0.3) is 11.1 Å². The standard InChI is InChI=1S/C28H33N3O5S/c1-4-5-15-36-27(34)21-9-11-23(12-10-21)31-19(2)16-22(20(31)3)17-24-26(33)30(28(35)37-24)18-25(32)29-13-7-6-8-14-29/h9-12,16-17H,4-8,13-15,18H2,1-3H3/b24-17-. The molecule has 9 heteroatoms. The van der Waals surface area contributed by atoms with Crippen molar-refractivity contribution in [3.8, 4) is 5.69 Å². The molecule has 2 aliphatic rings. The molecule has 37 heavy (non-hydrogen) atoms. The van der Waals surface area contributed by atoms with Crippen molar-refractivity contribution in [3.63, 3.8) is 0 Å². The highest BCUT2D eigenvalue weighted by atomic mass is 32.2. The lowest BCUT2D eigenvalue weighted by Crippen LogP contribution is -2.44. The van der Waals surface area contributed by atoms with Crippen molar-refractivity contribution in [1.29, 1.82) is 0 Å². The molecule has 0 aliphatic carbocycles. The van der Waals surface area contributed by atoms with E-state index in [2.05, 4.69) is 0 Å². The zero-order valence-electron chi connectivity index (χ0n) is 21.6. The molecule has 0 unspecified atom stereocenters. The van der Waals surface area contributed by atoms with Crippen LogP contribution in [0.1, 0.15) is 66.3 Å². The van der Waals surface area contributed by atoms with Crippen LogP contribution in [-0.2, 0) is 14.3 Å². The number of imide groups is 1. The molecular formula is C28H33N3O5S. The Morgan fingerprint density at radius 2 is 1.76 bits per heavy atom. The molecule has 3 heterocycles. The topological polar surface area (TPSA) is 88.9 Å². The number of rotatable bonds is 8. The average molecular weight is 524 g/mol. The fraction of sp³-hybridized carbons (Fsp3) is 0.429. The molecule has 2 fully saturated rings. The molecule has 1 aromatic carbocycles. The summed E-state index contributed by atoms with van der Waals surface area (Å²) in [5.41, 5.74) is 4.03. The van der Waals surface area contributed by atoms with Gasteiger partial charge in [0.2, 0.25) is 5.91 Å². The molecule has 1 aromatic heterocycles. The highest BCUT2D eigenvalue weighted by Crippen LogP contribution is 2.34. The van der Waals surface area contributed by atoms with Crippen molar-refractivity contribution in [1.82, 2.24) is 14.4 Å². The predicted octanol–water partition coefficient (Wildman–Crippen LogP) is 5.10. The number of aromatic nitrogens is 1. The van der Waals surface area contributed by atoms with Gasteiger partial charge in [-0.1, -0.05) is 13.3 Å². The quantitative estimate of drug-likeness (QED) is 0.272. The number of piperidine rings is 1. The van der Waals surface area contributed by atoms with Gasteiger partial charge in [0.15, 0.2) is 0 Å². The summed E-state index contributed by atoms with van der Waals surface area (Å²) in [6.07, 6.45) is 6.52. The summed E-state index contributed by atoms with van der Waals surface area (Å²) in [4.78, 5) is 53.5. The first-order chi connectivity index (χ1) is 17.8. The molecule has 0 radical (unpaired) electrons. The molecule has 0 bridgehead atoms. The molecule has 8 nitrogen and oxygen atoms in total. The second-order valence-electron chi connectivity index (χ2n) is 9.41. The zero-order chi connectivity index (χ0) is 26.5. The Balaban J connectivity index is 1.49. The summed E-state index contributed by atoms with van der Waals surface area (Å²) >= 11 is 0.865. The summed E-state index contributed by atoms with van der Waals surface area (Å²) in [6.45, 7) is 7.50. The molecule has 3 amide bonds. The Morgan fingerprint density at radius 3 is 2.43 bits per heavy atom. The third-order valence-corrected chi connectivity index (χ3v) is 7.63. The summed E-state index contributed by atoms with van der Waals surface area (Å²) in [6, 6.07) is 9.16. The minimum Gasteiger partial charge on any atom is -0.462 e. The van der Waals surface area contributed by atoms with Crippen molar-refractivity contribution >= 4 is 40.9 Å². The SMILES string of the molecule is CCCCOC(=O)c1ccc(-n2c(C)cc(/C=C3\SC(=O)N(CC(=O)N4CCCCC4)C3=O)c2C)cc1. The number of carbonyl (C=O) groups is 4. The first-order valence-electron chi connectivity index (χ1n) is 12.8. The zero-order valence-corrected chi connectivity index (χ0v) is 22.4. The lowest BCUT2D eigenvalue weighted by molar-refractivity contribution is -0.136. The number of hydrogen-bond acceptors (Lipinski definition) is 6. The minimum absolute atomic E-state index is 0.181. The van der Waals surface area contributed by atoms with Crippen LogP contribution in [0.15, 0.2) is 35.2 Å². The van der Waals surface area contributed by atoms with E-state index in [0.29, 0.717) is 30.2 Å². The fourth-order valence-electron chi connectivity index (χ4n) is 4.63. The number of thioether (sulfide) groups is 1. The summed E-state index contributed by atoms with van der Waals surface area (Å²) in [7, 11) is 0. The van der Waals surface area contributed by atoms with Gasteiger partial charge >= 0.3 is 5.97 Å². The van der Waals surface area contributed by atoms with Crippen LogP contribution < -0.4 is 0 Å². The number of likely N-dealkylation sites (tertiary alicyclic amines) is 1. The lowest BCUT2D eigenvalue weighted by Gasteiger charge is -2.27. The van der Waals surface area contributed by atoms with Gasteiger partial charge in [-0.05, 0) is 93.3 Å². The normalized spacial score (nSPS) is 17.1. The highest BCUT2D eigenvalue weighted by molar-refractivity contribution is 8.18. The fourth-order valence-corrected chi connectivity index (χ4v) is 5.46. The maximum Gasteiger partial charge on any atom is 0.338 e. The molecule has 2 aliphatic heterocycles. The van der Waals surface area contributed by atoms with Crippen molar-refractivity contribution in [3.05, 3.63) is 57.8 Å². The predicted molar refractivity (Wildman–Crippen MR) is 144 cm³/mol. The van der Waals surface area contributed by atoms with Crippen LogP contribution in [0.5, 0.6) is 0 Å². The molecule has 0 saturated carbocycles. The number of unbranched alkanes of at least 4 members (excludes halogenated alkanes) is 1. The number of benzene rings is 1. The van der Waals surface area contributed by atoms with E-state index in [1.165, 1.54) is 0 Å². The molecule has 196 valence electrons. The van der Waals surface area contributed by atoms with Gasteiger partial charge in [-0.15, -0.1) is 0 Å². The Kier molecular flexibility index (Phi) is 8.53. The third kappa shape index (κ3) is 5.98. The van der Waals surface area contributed by atoms with E-state index in [9.17, 15) is 19.2 Å². The van der Waals surface area contributed by atoms with E-state index in [1.807, 2.05) is 43.5 Å². The number of ether oxygens (including phenoxy) is 1. The number of amides is 3. The molecule has 2 saturated heterocycles. The second-order valence-corrected chi connectivity index (χ2v) is 10.4. The van der Waals surface area contributed by atoms with Gasteiger partial charge < -0.3 is 14.2 Å². The van der Waals surface area contributed by atoms with Crippen molar-refractivity contribution < 1.29 is 23.9 Å². The van der Waals surface area contributed by atoms with E-state index >= 15 is 0 Å². The van der Waals surface area contributed by atoms with E-state index in [1.54, 1.807) is 23.1 Å². The number of aryl methyl sites for hydroxylation is 1. The van der Waals surface area contributed by atoms with Crippen molar-refractivity contribution in [2.75, 3.05) is 26.2 Å². The smallest absolute Gasteiger partial charge is 0.338 e. The van der Waals surface area contributed by atoms with Crippen LogP contribution in [-0.4, -0.2) is 63.6 Å². The van der Waals surface area contributed by atoms with Crippen LogP contribution in [0.4, 0.5) is 4.79 Å². The maximum absolute atomic E-state index is 13.0. The third-order valence-electron chi connectivity index (χ3n) is 6.72. The van der Waals surface area contributed by atoms with Gasteiger partial charge in [-0.2, -0.15) is 0 Å². The Hall–Kier alpha value is -3.33. The number of carbonyl (C=O) groups excluding carboxylic acids is 4. The summed E-state index contributed by atoms with van der Waals surface area (Å²) < 4.78 is 7.31. The van der Waals surface area contributed by atoms with Crippen LogP contribution in [0.3, 0.4) is 0 Å². The Bertz CT molecular complexity index is 1230. The molecule has 0 N–H and O–H groups in total. The van der Waals surface area contributed by atoms with E-state index in [4.69, 9.17) is 4.74 Å². The Labute approximate surface area is 221 Å². The number of esters is 1. The van der Waals surface area contributed by atoms with E-state index in [0.717, 1.165) is 71.4 Å². The first-order valence-corrected chi connectivity index (χ1v) is 13.6. The van der Waals surface area contributed by atoms with Gasteiger partial charge in [-0.25, -0.2) is 4.79 Å². The van der Waals surface area contributed by atoms with Crippen molar-refractivity contribution in [2.24, 2.45) is 0 Å². The van der Waals surface area contributed by atoms with Crippen LogP contribution in [0, 0.1) is 13.8 Å². The second kappa shape index (κ2) is 11.8. The molecule has 0 spiro atoms. The van der Waals surface area contributed by atoms with E-state index in [-0.39, 0.29) is 18.4 Å². The van der Waals surface area contributed by atoms with Crippen LogP contribution >= 0.6 is 11.8 Å². The van der Waals surface area contributed by atoms with E-state index < -0.39 is 11.1 Å². The Morgan fingerprint density at radius 1 is 1.05 bits per heavy atom. The molecule has 2 aromatic rings. The van der Waals surface area contributed by atoms with Crippen LogP contribution in [0.25, 0.3) is 11.8 Å². The summed E-state index contributed by atoms with van der Waals surface area (Å²) in [5.74, 6) is -0.952. The van der Waals surface area contributed by atoms with Gasteiger partial charge in [0.05, 0.1) is 17.1 Å².